The predicted molar refractivity (Wildman–Crippen MR) is 94.0 cm³/mol. The number of hydrogen-bond donors (Lipinski definition) is 1. The molecule has 0 bridgehead atoms. The minimum absolute atomic E-state index is 0.164. The highest BCUT2D eigenvalue weighted by atomic mass is 16.5. The minimum atomic E-state index is -0.164. The first-order valence-corrected chi connectivity index (χ1v) is 8.30. The van der Waals surface area contributed by atoms with Gasteiger partial charge in [0.25, 0.3) is 0 Å². The van der Waals surface area contributed by atoms with E-state index in [1.54, 1.807) is 24.1 Å². The van der Waals surface area contributed by atoms with Crippen molar-refractivity contribution in [2.24, 2.45) is 0 Å². The number of ether oxygens (including phenoxy) is 1. The van der Waals surface area contributed by atoms with Gasteiger partial charge in [-0.25, -0.2) is 4.79 Å². The average molecular weight is 330 g/mol. The third-order valence-electron chi connectivity index (χ3n) is 4.29. The number of rotatable bonds is 4. The largest absolute Gasteiger partial charge is 0.373 e. The number of nitrogens with zero attached hydrogens (tertiary/aromatic N) is 3. The van der Waals surface area contributed by atoms with Gasteiger partial charge >= 0.3 is 6.03 Å². The summed E-state index contributed by atoms with van der Waals surface area (Å²) < 4.78 is 5.72. The van der Waals surface area contributed by atoms with Crippen LogP contribution in [0.1, 0.15) is 25.0 Å². The Hall–Kier alpha value is -2.10. The van der Waals surface area contributed by atoms with Crippen LogP contribution in [0.3, 0.4) is 0 Å². The molecule has 6 heteroatoms. The van der Waals surface area contributed by atoms with E-state index in [2.05, 4.69) is 30.1 Å². The maximum atomic E-state index is 12.4. The molecule has 1 N–H and O–H groups in total. The van der Waals surface area contributed by atoms with Crippen LogP contribution >= 0.6 is 0 Å². The molecule has 0 saturated carbocycles. The second kappa shape index (κ2) is 8.13. The van der Waals surface area contributed by atoms with E-state index in [1.165, 1.54) is 0 Å². The van der Waals surface area contributed by atoms with E-state index in [4.69, 9.17) is 10.00 Å². The smallest absolute Gasteiger partial charge is 0.321 e. The molecule has 1 aromatic carbocycles. The first-order chi connectivity index (χ1) is 11.4. The average Bonchev–Trinajstić information content (AvgIpc) is 2.53. The summed E-state index contributed by atoms with van der Waals surface area (Å²) in [5.74, 6) is 0. The Morgan fingerprint density at radius 2 is 2.08 bits per heavy atom. The fraction of sp³-hybridized carbons (Fsp3) is 0.556. The Morgan fingerprint density at radius 1 is 1.42 bits per heavy atom. The van der Waals surface area contributed by atoms with Gasteiger partial charge in [-0.1, -0.05) is 6.07 Å². The molecule has 0 spiro atoms. The van der Waals surface area contributed by atoms with Crippen LogP contribution in [0.5, 0.6) is 0 Å². The number of urea groups is 1. The Morgan fingerprint density at radius 3 is 2.71 bits per heavy atom. The zero-order chi connectivity index (χ0) is 17.7. The molecule has 1 heterocycles. The van der Waals surface area contributed by atoms with E-state index < -0.39 is 0 Å². The van der Waals surface area contributed by atoms with E-state index in [0.29, 0.717) is 17.8 Å². The molecule has 2 rings (SSSR count). The van der Waals surface area contributed by atoms with E-state index in [0.717, 1.165) is 25.2 Å². The Bertz CT molecular complexity index is 616. The number of carbonyl (C=O) groups is 1. The number of anilines is 1. The molecule has 1 aliphatic heterocycles. The Balaban J connectivity index is 1.88. The molecular weight excluding hydrogens is 304 g/mol. The van der Waals surface area contributed by atoms with E-state index in [1.807, 2.05) is 13.0 Å². The summed E-state index contributed by atoms with van der Waals surface area (Å²) in [5.41, 5.74) is 2.05. The van der Waals surface area contributed by atoms with Crippen molar-refractivity contribution >= 4 is 11.7 Å². The third kappa shape index (κ3) is 4.70. The van der Waals surface area contributed by atoms with Gasteiger partial charge in [0.2, 0.25) is 0 Å². The van der Waals surface area contributed by atoms with Gasteiger partial charge in [0.1, 0.15) is 0 Å². The number of nitriles is 1. The summed E-state index contributed by atoms with van der Waals surface area (Å²) in [7, 11) is 1.78. The van der Waals surface area contributed by atoms with Crippen LogP contribution in [0.4, 0.5) is 10.5 Å². The van der Waals surface area contributed by atoms with Gasteiger partial charge in [-0.3, -0.25) is 4.90 Å². The van der Waals surface area contributed by atoms with E-state index in [-0.39, 0.29) is 18.2 Å². The Labute approximate surface area is 144 Å². The zero-order valence-electron chi connectivity index (χ0n) is 14.9. The molecule has 2 atom stereocenters. The third-order valence-corrected chi connectivity index (χ3v) is 4.29. The first kappa shape index (κ1) is 18.2. The lowest BCUT2D eigenvalue weighted by atomic mass is 10.1. The molecule has 0 aliphatic carbocycles. The number of carbonyl (C=O) groups excluding carboxylic acids is 1. The fourth-order valence-electron chi connectivity index (χ4n) is 2.96. The van der Waals surface area contributed by atoms with Crippen molar-refractivity contribution in [1.29, 1.82) is 5.26 Å². The number of hydrogen-bond acceptors (Lipinski definition) is 4. The van der Waals surface area contributed by atoms with Crippen molar-refractivity contribution in [3.05, 3.63) is 29.3 Å². The fourth-order valence-corrected chi connectivity index (χ4v) is 2.96. The second-order valence-electron chi connectivity index (χ2n) is 6.46. The van der Waals surface area contributed by atoms with Gasteiger partial charge in [0, 0.05) is 38.9 Å². The first-order valence-electron chi connectivity index (χ1n) is 8.30. The molecule has 0 radical (unpaired) electrons. The monoisotopic (exact) mass is 330 g/mol. The standard InChI is InChI=1S/C18H26N4O2/c1-13-11-22(12-14(2)24-13)9-8-21(4)18(23)20-17-7-5-6-16(10-19)15(17)3/h5-7,13-14H,8-9,11-12H2,1-4H3,(H,20,23)/t13-,14+. The molecule has 0 unspecified atom stereocenters. The van der Waals surface area contributed by atoms with Crippen molar-refractivity contribution in [1.82, 2.24) is 9.80 Å². The van der Waals surface area contributed by atoms with Gasteiger partial charge in [0.15, 0.2) is 0 Å². The van der Waals surface area contributed by atoms with Crippen molar-refractivity contribution in [3.8, 4) is 6.07 Å². The van der Waals surface area contributed by atoms with Gasteiger partial charge in [-0.05, 0) is 38.5 Å². The van der Waals surface area contributed by atoms with Crippen LogP contribution in [0.2, 0.25) is 0 Å². The highest BCUT2D eigenvalue weighted by Crippen LogP contribution is 2.18. The molecule has 1 aromatic rings. The summed E-state index contributed by atoms with van der Waals surface area (Å²) in [6, 6.07) is 7.30. The van der Waals surface area contributed by atoms with Crippen LogP contribution < -0.4 is 5.32 Å². The normalized spacial score (nSPS) is 21.1. The maximum absolute atomic E-state index is 12.4. The number of benzene rings is 1. The molecule has 24 heavy (non-hydrogen) atoms. The van der Waals surface area contributed by atoms with Gasteiger partial charge < -0.3 is 15.0 Å². The lowest BCUT2D eigenvalue weighted by Crippen LogP contribution is -2.48. The Kier molecular flexibility index (Phi) is 6.18. The summed E-state index contributed by atoms with van der Waals surface area (Å²) in [5, 5.41) is 12.0. The molecule has 0 aromatic heterocycles. The van der Waals surface area contributed by atoms with Crippen molar-refractivity contribution in [3.63, 3.8) is 0 Å². The summed E-state index contributed by atoms with van der Waals surface area (Å²) >= 11 is 0. The lowest BCUT2D eigenvalue weighted by Gasteiger charge is -2.36. The summed E-state index contributed by atoms with van der Waals surface area (Å²) in [4.78, 5) is 16.3. The maximum Gasteiger partial charge on any atom is 0.321 e. The number of amides is 2. The summed E-state index contributed by atoms with van der Waals surface area (Å²) in [6.07, 6.45) is 0.452. The minimum Gasteiger partial charge on any atom is -0.373 e. The van der Waals surface area contributed by atoms with Crippen LogP contribution in [-0.2, 0) is 4.74 Å². The van der Waals surface area contributed by atoms with Gasteiger partial charge in [0.05, 0.1) is 23.8 Å². The molecule has 6 nitrogen and oxygen atoms in total. The SMILES string of the molecule is Cc1c(C#N)cccc1NC(=O)N(C)CCN1C[C@@H](C)O[C@@H](C)C1. The van der Waals surface area contributed by atoms with Crippen LogP contribution in [0, 0.1) is 18.3 Å². The van der Waals surface area contributed by atoms with Gasteiger partial charge in [-0.2, -0.15) is 5.26 Å². The van der Waals surface area contributed by atoms with Crippen LogP contribution in [0.25, 0.3) is 0 Å². The topological polar surface area (TPSA) is 68.6 Å². The van der Waals surface area contributed by atoms with Crippen molar-refractivity contribution in [2.45, 2.75) is 33.0 Å². The molecule has 130 valence electrons. The molecule has 1 saturated heterocycles. The number of nitrogens with one attached hydrogen (secondary N) is 1. The van der Waals surface area contributed by atoms with Crippen molar-refractivity contribution in [2.75, 3.05) is 38.5 Å². The zero-order valence-corrected chi connectivity index (χ0v) is 14.9. The molecule has 2 amide bonds. The predicted octanol–water partition coefficient (Wildman–Crippen LogP) is 2.44. The van der Waals surface area contributed by atoms with E-state index in [9.17, 15) is 4.79 Å². The molecular formula is C18H26N4O2. The quantitative estimate of drug-likeness (QED) is 0.921. The number of likely N-dealkylation sites (N-methyl/N-ethyl adjacent to an activating group) is 1. The lowest BCUT2D eigenvalue weighted by molar-refractivity contribution is -0.0684. The summed E-state index contributed by atoms with van der Waals surface area (Å²) in [6.45, 7) is 9.23. The molecule has 1 aliphatic rings. The van der Waals surface area contributed by atoms with Crippen LogP contribution in [0.15, 0.2) is 18.2 Å². The van der Waals surface area contributed by atoms with Crippen molar-refractivity contribution < 1.29 is 9.53 Å². The molecule has 1 fully saturated rings. The number of morpholine rings is 1. The second-order valence-corrected chi connectivity index (χ2v) is 6.46. The van der Waals surface area contributed by atoms with E-state index >= 15 is 0 Å². The highest BCUT2D eigenvalue weighted by Gasteiger charge is 2.22. The van der Waals surface area contributed by atoms with Crippen LogP contribution in [-0.4, -0.2) is 61.3 Å². The highest BCUT2D eigenvalue weighted by molar-refractivity contribution is 5.90. The van der Waals surface area contributed by atoms with Gasteiger partial charge in [-0.15, -0.1) is 0 Å².